The van der Waals surface area contributed by atoms with Crippen molar-refractivity contribution in [1.82, 2.24) is 24.6 Å². The smallest absolute Gasteiger partial charge is 0.266 e. The normalized spacial score (nSPS) is 11.1. The molecular weight excluding hydrogens is 232 g/mol. The average Bonchev–Trinajstić information content (AvgIpc) is 2.82. The number of hydrogen-bond donors (Lipinski definition) is 1. The van der Waals surface area contributed by atoms with E-state index in [2.05, 4.69) is 20.1 Å². The zero-order chi connectivity index (χ0) is 11.1. The van der Waals surface area contributed by atoms with Gasteiger partial charge >= 0.3 is 0 Å². The van der Waals surface area contributed by atoms with Gasteiger partial charge in [-0.2, -0.15) is 4.52 Å². The Kier molecular flexibility index (Phi) is 1.80. The van der Waals surface area contributed by atoms with Crippen molar-refractivity contribution in [1.29, 1.82) is 0 Å². The van der Waals surface area contributed by atoms with Gasteiger partial charge in [-0.15, -0.1) is 5.10 Å². The average molecular weight is 237 g/mol. The van der Waals surface area contributed by atoms with E-state index in [0.717, 1.165) is 0 Å². The van der Waals surface area contributed by atoms with Crippen LogP contribution in [0.25, 0.3) is 17.4 Å². The first kappa shape index (κ1) is 9.10. The maximum Gasteiger partial charge on any atom is 0.266 e. The Bertz CT molecular complexity index is 646. The van der Waals surface area contributed by atoms with Crippen molar-refractivity contribution in [2.45, 2.75) is 0 Å². The number of halogens is 1. The van der Waals surface area contributed by atoms with Crippen LogP contribution in [-0.2, 0) is 0 Å². The highest BCUT2D eigenvalue weighted by molar-refractivity contribution is 6.29. The lowest BCUT2D eigenvalue weighted by Gasteiger charge is -1.95. The Balaban J connectivity index is 2.27. The Labute approximate surface area is 93.9 Å². The molecule has 0 aliphatic heterocycles. The molecule has 0 bridgehead atoms. The van der Waals surface area contributed by atoms with Gasteiger partial charge in [0.05, 0.1) is 6.20 Å². The zero-order valence-electron chi connectivity index (χ0n) is 7.83. The molecule has 16 heavy (non-hydrogen) atoms. The molecule has 0 saturated heterocycles. The summed E-state index contributed by atoms with van der Waals surface area (Å²) in [5, 5.41) is 4.36. The number of anilines is 1. The molecule has 8 heteroatoms. The summed E-state index contributed by atoms with van der Waals surface area (Å²) in [6.45, 7) is 0. The maximum absolute atomic E-state index is 5.75. The molecule has 0 atom stereocenters. The van der Waals surface area contributed by atoms with Crippen molar-refractivity contribution >= 4 is 23.2 Å². The fourth-order valence-corrected chi connectivity index (χ4v) is 1.49. The molecule has 0 aliphatic rings. The minimum Gasteiger partial charge on any atom is -0.442 e. The van der Waals surface area contributed by atoms with E-state index in [0.29, 0.717) is 17.4 Å². The van der Waals surface area contributed by atoms with Gasteiger partial charge in [-0.05, 0) is 0 Å². The Hall–Kier alpha value is -2.15. The molecule has 0 radical (unpaired) electrons. The molecule has 0 unspecified atom stereocenters. The number of nitrogen functional groups attached to an aromatic ring is 1. The first-order valence-electron chi connectivity index (χ1n) is 4.33. The van der Waals surface area contributed by atoms with Crippen molar-refractivity contribution in [3.05, 3.63) is 23.7 Å². The molecule has 3 heterocycles. The number of oxazole rings is 1. The molecule has 0 amide bonds. The molecule has 0 aromatic carbocycles. The van der Waals surface area contributed by atoms with Gasteiger partial charge in [0.1, 0.15) is 11.4 Å². The summed E-state index contributed by atoms with van der Waals surface area (Å²) in [4.78, 5) is 12.0. The molecule has 3 aromatic rings. The highest BCUT2D eigenvalue weighted by Gasteiger charge is 2.12. The quantitative estimate of drug-likeness (QED) is 0.634. The SMILES string of the molecule is Nc1nc(Cl)cc2nc(-c3ncco3)nn12. The van der Waals surface area contributed by atoms with E-state index in [1.165, 1.54) is 17.0 Å². The zero-order valence-corrected chi connectivity index (χ0v) is 8.59. The topological polar surface area (TPSA) is 95.1 Å². The van der Waals surface area contributed by atoms with Crippen LogP contribution in [0.2, 0.25) is 5.15 Å². The highest BCUT2D eigenvalue weighted by Crippen LogP contribution is 2.17. The summed E-state index contributed by atoms with van der Waals surface area (Å²) in [5.41, 5.74) is 6.13. The van der Waals surface area contributed by atoms with E-state index < -0.39 is 0 Å². The lowest BCUT2D eigenvalue weighted by atomic mass is 10.6. The highest BCUT2D eigenvalue weighted by atomic mass is 35.5. The van der Waals surface area contributed by atoms with Crippen molar-refractivity contribution in [2.75, 3.05) is 5.73 Å². The van der Waals surface area contributed by atoms with Gasteiger partial charge in [-0.25, -0.2) is 15.0 Å². The molecule has 3 rings (SSSR count). The molecule has 0 saturated carbocycles. The monoisotopic (exact) mass is 236 g/mol. The second-order valence-electron chi connectivity index (χ2n) is 2.98. The second kappa shape index (κ2) is 3.17. The van der Waals surface area contributed by atoms with Gasteiger partial charge in [0, 0.05) is 6.07 Å². The predicted molar refractivity (Wildman–Crippen MR) is 55.7 cm³/mol. The molecule has 2 N–H and O–H groups in total. The van der Waals surface area contributed by atoms with E-state index in [1.54, 1.807) is 6.07 Å². The molecule has 0 aliphatic carbocycles. The molecular formula is C8H5ClN6O. The number of hydrogen-bond acceptors (Lipinski definition) is 6. The largest absolute Gasteiger partial charge is 0.442 e. The Morgan fingerprint density at radius 1 is 1.38 bits per heavy atom. The first-order valence-corrected chi connectivity index (χ1v) is 4.70. The summed E-state index contributed by atoms with van der Waals surface area (Å²) < 4.78 is 6.44. The third-order valence-electron chi connectivity index (χ3n) is 1.94. The van der Waals surface area contributed by atoms with Crippen molar-refractivity contribution in [2.24, 2.45) is 0 Å². The van der Waals surface area contributed by atoms with Crippen LogP contribution in [0.1, 0.15) is 0 Å². The lowest BCUT2D eigenvalue weighted by molar-refractivity contribution is 0.569. The summed E-state index contributed by atoms with van der Waals surface area (Å²) in [6.07, 6.45) is 2.95. The Morgan fingerprint density at radius 2 is 2.25 bits per heavy atom. The van der Waals surface area contributed by atoms with E-state index in [4.69, 9.17) is 21.8 Å². The van der Waals surface area contributed by atoms with Crippen LogP contribution >= 0.6 is 11.6 Å². The summed E-state index contributed by atoms with van der Waals surface area (Å²) in [6, 6.07) is 1.55. The van der Waals surface area contributed by atoms with Crippen LogP contribution in [0.4, 0.5) is 5.95 Å². The minimum atomic E-state index is 0.160. The van der Waals surface area contributed by atoms with Crippen LogP contribution in [-0.4, -0.2) is 24.6 Å². The van der Waals surface area contributed by atoms with Gasteiger partial charge in [-0.3, -0.25) is 0 Å². The number of aromatic nitrogens is 5. The third-order valence-corrected chi connectivity index (χ3v) is 2.14. The predicted octanol–water partition coefficient (Wildman–Crippen LogP) is 1.01. The number of fused-ring (bicyclic) bond motifs is 1. The summed E-state index contributed by atoms with van der Waals surface area (Å²) >= 11 is 5.75. The molecule has 80 valence electrons. The number of rotatable bonds is 1. The van der Waals surface area contributed by atoms with Gasteiger partial charge in [0.25, 0.3) is 5.89 Å². The van der Waals surface area contributed by atoms with Crippen molar-refractivity contribution < 1.29 is 4.42 Å². The number of nitrogens with zero attached hydrogens (tertiary/aromatic N) is 5. The maximum atomic E-state index is 5.75. The summed E-state index contributed by atoms with van der Waals surface area (Å²) in [7, 11) is 0. The minimum absolute atomic E-state index is 0.160. The summed E-state index contributed by atoms with van der Waals surface area (Å²) in [5.74, 6) is 0.813. The van der Waals surface area contributed by atoms with Gasteiger partial charge in [0.15, 0.2) is 5.65 Å². The van der Waals surface area contributed by atoms with Gasteiger partial charge in [0.2, 0.25) is 11.8 Å². The van der Waals surface area contributed by atoms with Crippen LogP contribution in [0.5, 0.6) is 0 Å². The van der Waals surface area contributed by atoms with Crippen LogP contribution in [0.3, 0.4) is 0 Å². The molecule has 0 spiro atoms. The lowest BCUT2D eigenvalue weighted by Crippen LogP contribution is -2.01. The van der Waals surface area contributed by atoms with Gasteiger partial charge in [-0.1, -0.05) is 11.6 Å². The third kappa shape index (κ3) is 1.29. The van der Waals surface area contributed by atoms with Crippen LogP contribution in [0, 0.1) is 0 Å². The van der Waals surface area contributed by atoms with Crippen LogP contribution < -0.4 is 5.73 Å². The van der Waals surface area contributed by atoms with E-state index in [9.17, 15) is 0 Å². The molecule has 7 nitrogen and oxygen atoms in total. The molecule has 3 aromatic heterocycles. The second-order valence-corrected chi connectivity index (χ2v) is 3.37. The fourth-order valence-electron chi connectivity index (χ4n) is 1.31. The van der Waals surface area contributed by atoms with E-state index in [-0.39, 0.29) is 11.1 Å². The fraction of sp³-hybridized carbons (Fsp3) is 0. The van der Waals surface area contributed by atoms with E-state index >= 15 is 0 Å². The standard InChI is InChI=1S/C8H5ClN6O/c9-4-3-5-13-6(7-11-1-2-16-7)14-15(5)8(10)12-4/h1-3H,(H2,10,12). The van der Waals surface area contributed by atoms with Crippen molar-refractivity contribution in [3.8, 4) is 11.7 Å². The van der Waals surface area contributed by atoms with Crippen LogP contribution in [0.15, 0.2) is 22.9 Å². The van der Waals surface area contributed by atoms with Gasteiger partial charge < -0.3 is 10.2 Å². The first-order chi connectivity index (χ1) is 7.74. The van der Waals surface area contributed by atoms with Crippen molar-refractivity contribution in [3.63, 3.8) is 0 Å². The van der Waals surface area contributed by atoms with E-state index in [1.807, 2.05) is 0 Å². The molecule has 0 fully saturated rings. The Morgan fingerprint density at radius 3 is 3.00 bits per heavy atom. The number of nitrogens with two attached hydrogens (primary N) is 1.